The summed E-state index contributed by atoms with van der Waals surface area (Å²) in [6.07, 6.45) is 1.86. The molecule has 160 valence electrons. The lowest BCUT2D eigenvalue weighted by Gasteiger charge is -2.31. The van der Waals surface area contributed by atoms with E-state index in [0.717, 1.165) is 16.5 Å². The molecular weight excluding hydrogens is 421 g/mol. The largest absolute Gasteiger partial charge is 0.458 e. The van der Waals surface area contributed by atoms with Crippen molar-refractivity contribution in [1.82, 2.24) is 9.55 Å². The van der Waals surface area contributed by atoms with Crippen LogP contribution < -0.4 is 11.3 Å². The highest BCUT2D eigenvalue weighted by molar-refractivity contribution is 7.98. The molecule has 1 atom stereocenters. The second-order valence-electron chi connectivity index (χ2n) is 7.73. The molecule has 0 radical (unpaired) electrons. The second-order valence-corrected chi connectivity index (χ2v) is 8.58. The highest BCUT2D eigenvalue weighted by Crippen LogP contribution is 2.40. The van der Waals surface area contributed by atoms with E-state index >= 15 is 0 Å². The summed E-state index contributed by atoms with van der Waals surface area (Å²) in [4.78, 5) is 30.7. The normalized spacial score (nSPS) is 19.2. The number of thioether (sulfide) groups is 1. The van der Waals surface area contributed by atoms with Crippen LogP contribution >= 0.6 is 11.8 Å². The van der Waals surface area contributed by atoms with Gasteiger partial charge in [-0.25, -0.2) is 14.2 Å². The van der Waals surface area contributed by atoms with E-state index in [-0.39, 0.29) is 48.6 Å². The van der Waals surface area contributed by atoms with Crippen LogP contribution in [0.25, 0.3) is 22.3 Å². The number of rotatable bonds is 3. The molecule has 2 aliphatic rings. The molecule has 5 rings (SSSR count). The number of ether oxygens (including phenoxy) is 1. The van der Waals surface area contributed by atoms with E-state index in [9.17, 15) is 19.1 Å². The van der Waals surface area contributed by atoms with Gasteiger partial charge in [-0.1, -0.05) is 6.92 Å². The Morgan fingerprint density at radius 1 is 1.32 bits per heavy atom. The zero-order chi connectivity index (χ0) is 22.1. The predicted molar refractivity (Wildman–Crippen MR) is 114 cm³/mol. The van der Waals surface area contributed by atoms with E-state index in [1.807, 2.05) is 0 Å². The van der Waals surface area contributed by atoms with Gasteiger partial charge in [0.15, 0.2) is 5.60 Å². The third kappa shape index (κ3) is 2.63. The molecule has 3 aromatic rings. The zero-order valence-electron chi connectivity index (χ0n) is 17.0. The average Bonchev–Trinajstić information content (AvgIpc) is 3.13. The lowest BCUT2D eigenvalue weighted by Crippen LogP contribution is -2.44. The summed E-state index contributed by atoms with van der Waals surface area (Å²) in [6, 6.07) is 4.75. The zero-order valence-corrected chi connectivity index (χ0v) is 17.8. The molecule has 0 saturated carbocycles. The summed E-state index contributed by atoms with van der Waals surface area (Å²) in [7, 11) is 0. The van der Waals surface area contributed by atoms with Crippen molar-refractivity contribution < 1.29 is 19.0 Å². The minimum absolute atomic E-state index is 0.0659. The topological polar surface area (TPSA) is 107 Å². The lowest BCUT2D eigenvalue weighted by molar-refractivity contribution is -0.172. The van der Waals surface area contributed by atoms with Crippen molar-refractivity contribution >= 4 is 28.6 Å². The molecule has 31 heavy (non-hydrogen) atoms. The van der Waals surface area contributed by atoms with Crippen molar-refractivity contribution in [3.8, 4) is 11.4 Å². The molecule has 1 aromatic carbocycles. The van der Waals surface area contributed by atoms with Gasteiger partial charge in [0.1, 0.15) is 12.4 Å². The average molecular weight is 441 g/mol. The summed E-state index contributed by atoms with van der Waals surface area (Å²) in [6.45, 7) is 1.92. The Balaban J connectivity index is 1.83. The maximum Gasteiger partial charge on any atom is 0.343 e. The van der Waals surface area contributed by atoms with Crippen LogP contribution in [0.3, 0.4) is 0 Å². The summed E-state index contributed by atoms with van der Waals surface area (Å²) >= 11 is 1.30. The van der Waals surface area contributed by atoms with E-state index in [1.165, 1.54) is 17.8 Å². The van der Waals surface area contributed by atoms with Crippen molar-refractivity contribution in [1.29, 1.82) is 0 Å². The number of carbonyl (C=O) groups excluding carboxylic acids is 1. The van der Waals surface area contributed by atoms with E-state index in [0.29, 0.717) is 21.8 Å². The molecule has 0 unspecified atom stereocenters. The van der Waals surface area contributed by atoms with Gasteiger partial charge < -0.3 is 20.1 Å². The highest BCUT2D eigenvalue weighted by Gasteiger charge is 2.45. The van der Waals surface area contributed by atoms with Crippen molar-refractivity contribution in [2.75, 3.05) is 6.26 Å². The van der Waals surface area contributed by atoms with E-state index in [1.54, 1.807) is 29.9 Å². The first-order valence-corrected chi connectivity index (χ1v) is 11.1. The third-order valence-electron chi connectivity index (χ3n) is 6.28. The number of pyridine rings is 2. The molecule has 0 amide bonds. The Morgan fingerprint density at radius 3 is 2.77 bits per heavy atom. The van der Waals surface area contributed by atoms with Gasteiger partial charge in [0.25, 0.3) is 5.56 Å². The van der Waals surface area contributed by atoms with Gasteiger partial charge in [0.05, 0.1) is 29.0 Å². The van der Waals surface area contributed by atoms with Crippen LogP contribution in [0, 0.1) is 5.82 Å². The fourth-order valence-electron chi connectivity index (χ4n) is 4.55. The third-order valence-corrected chi connectivity index (χ3v) is 7.04. The molecule has 3 N–H and O–H groups in total. The summed E-state index contributed by atoms with van der Waals surface area (Å²) in [5, 5.41) is 11.7. The Bertz CT molecular complexity index is 1350. The van der Waals surface area contributed by atoms with Crippen LogP contribution in [-0.2, 0) is 34.8 Å². The number of hydrogen-bond acceptors (Lipinski definition) is 7. The molecule has 7 nitrogen and oxygen atoms in total. The number of esters is 1. The van der Waals surface area contributed by atoms with E-state index < -0.39 is 11.6 Å². The number of nitrogens with zero attached hydrogens (tertiary/aromatic N) is 2. The van der Waals surface area contributed by atoms with Crippen LogP contribution in [-0.4, -0.2) is 26.9 Å². The molecule has 0 aliphatic carbocycles. The number of hydrogen-bond donors (Lipinski definition) is 2. The van der Waals surface area contributed by atoms with Crippen LogP contribution in [0.4, 0.5) is 4.39 Å². The lowest BCUT2D eigenvalue weighted by atomic mass is 9.86. The number of halogens is 1. The van der Waals surface area contributed by atoms with Gasteiger partial charge >= 0.3 is 5.97 Å². The molecule has 0 fully saturated rings. The van der Waals surface area contributed by atoms with Gasteiger partial charge in [-0.3, -0.25) is 4.79 Å². The standard InChI is InChI=1S/C22H20FN3O4S/c1-3-22(29)14-5-17-19-12(8-26(17)20(27)13(14)9-30-21(22)28)11(7-24)10-4-18(31-2)15(23)6-16(10)25-19/h4-6,29H,3,7-9,24H2,1-2H3/t22-/m0/s1. The van der Waals surface area contributed by atoms with Crippen LogP contribution in [0.15, 0.2) is 27.9 Å². The summed E-state index contributed by atoms with van der Waals surface area (Å²) in [5.41, 5.74) is 7.38. The first-order valence-electron chi connectivity index (χ1n) is 9.90. The fourth-order valence-corrected chi connectivity index (χ4v) is 5.04. The first kappa shape index (κ1) is 20.2. The molecule has 0 bridgehead atoms. The molecule has 0 spiro atoms. The van der Waals surface area contributed by atoms with Crippen LogP contribution in [0.1, 0.15) is 35.6 Å². The van der Waals surface area contributed by atoms with E-state index in [2.05, 4.69) is 4.98 Å². The molecular formula is C22H20FN3O4S. The molecule has 4 heterocycles. The summed E-state index contributed by atoms with van der Waals surface area (Å²) in [5.74, 6) is -1.15. The molecule has 0 saturated heterocycles. The number of carbonyl (C=O) groups is 1. The number of nitrogens with two attached hydrogens (primary N) is 1. The molecule has 2 aromatic heterocycles. The number of cyclic esters (lactones) is 1. The minimum atomic E-state index is -1.89. The Hall–Kier alpha value is -2.75. The van der Waals surface area contributed by atoms with Crippen LogP contribution in [0.5, 0.6) is 0 Å². The Kier molecular flexibility index (Phi) is 4.47. The van der Waals surface area contributed by atoms with Gasteiger partial charge in [0.2, 0.25) is 0 Å². The van der Waals surface area contributed by atoms with Gasteiger partial charge in [-0.15, -0.1) is 11.8 Å². The first-order chi connectivity index (χ1) is 14.8. The van der Waals surface area contributed by atoms with Gasteiger partial charge in [-0.2, -0.15) is 0 Å². The number of benzene rings is 1. The minimum Gasteiger partial charge on any atom is -0.458 e. The Labute approximate surface area is 181 Å². The Morgan fingerprint density at radius 2 is 2.10 bits per heavy atom. The van der Waals surface area contributed by atoms with Crippen molar-refractivity contribution in [3.63, 3.8) is 0 Å². The smallest absolute Gasteiger partial charge is 0.343 e. The maximum absolute atomic E-state index is 14.5. The number of aliphatic hydroxyl groups is 1. The predicted octanol–water partition coefficient (Wildman–Crippen LogP) is 2.40. The van der Waals surface area contributed by atoms with Crippen molar-refractivity contribution in [2.45, 2.75) is 43.5 Å². The SMILES string of the molecule is CC[C@@]1(O)C(=O)OCc2c1cc1n(c2=O)Cc2c-1nc1cc(F)c(SC)cc1c2CN. The molecule has 2 aliphatic heterocycles. The van der Waals surface area contributed by atoms with Gasteiger partial charge in [0, 0.05) is 34.0 Å². The van der Waals surface area contributed by atoms with E-state index in [4.69, 9.17) is 10.5 Å². The molecule has 9 heteroatoms. The fraction of sp³-hybridized carbons (Fsp3) is 0.318. The van der Waals surface area contributed by atoms with Crippen LogP contribution in [0.2, 0.25) is 0 Å². The monoisotopic (exact) mass is 441 g/mol. The van der Waals surface area contributed by atoms with Crippen molar-refractivity contribution in [2.24, 2.45) is 5.73 Å². The maximum atomic E-state index is 14.5. The quantitative estimate of drug-likeness (QED) is 0.371. The van der Waals surface area contributed by atoms with Crippen molar-refractivity contribution in [3.05, 3.63) is 56.6 Å². The number of aromatic nitrogens is 2. The van der Waals surface area contributed by atoms with Gasteiger partial charge in [-0.05, 0) is 30.4 Å². The highest BCUT2D eigenvalue weighted by atomic mass is 32.2. The summed E-state index contributed by atoms with van der Waals surface area (Å²) < 4.78 is 21.1. The second kappa shape index (κ2) is 6.88. The number of fused-ring (bicyclic) bond motifs is 5.